The zero-order chi connectivity index (χ0) is 19.2. The number of carboxylic acid groups (broad SMARTS) is 1. The molecule has 0 bridgehead atoms. The summed E-state index contributed by atoms with van der Waals surface area (Å²) in [6, 6.07) is 0. The molecule has 0 aromatic rings. The fourth-order valence-electron chi connectivity index (χ4n) is 2.28. The first-order chi connectivity index (χ1) is 11.8. The smallest absolute Gasteiger partial charge is 0.308 e. The molecule has 144 valence electrons. The normalized spacial score (nSPS) is 23.0. The number of esters is 1. The molecule has 0 aromatic heterocycles. The Morgan fingerprint density at radius 2 is 1.88 bits per heavy atom. The molecule has 0 amide bonds. The van der Waals surface area contributed by atoms with Crippen LogP contribution in [0.5, 0.6) is 0 Å². The van der Waals surface area contributed by atoms with E-state index in [-0.39, 0.29) is 31.3 Å². The second-order valence-electron chi connectivity index (χ2n) is 5.96. The lowest BCUT2D eigenvalue weighted by Gasteiger charge is -2.24. The van der Waals surface area contributed by atoms with Crippen molar-refractivity contribution in [1.82, 2.24) is 0 Å². The van der Waals surface area contributed by atoms with Crippen molar-refractivity contribution in [1.29, 1.82) is 0 Å². The van der Waals surface area contributed by atoms with Crippen LogP contribution in [0.3, 0.4) is 0 Å². The summed E-state index contributed by atoms with van der Waals surface area (Å²) in [7, 11) is 0. The number of carboxylic acids is 1. The van der Waals surface area contributed by atoms with Crippen molar-refractivity contribution in [3.63, 3.8) is 0 Å². The molecule has 0 unspecified atom stereocenters. The van der Waals surface area contributed by atoms with E-state index < -0.39 is 24.3 Å². The van der Waals surface area contributed by atoms with Gasteiger partial charge >= 0.3 is 11.9 Å². The van der Waals surface area contributed by atoms with Gasteiger partial charge in [-0.2, -0.15) is 0 Å². The zero-order valence-corrected chi connectivity index (χ0v) is 14.9. The number of rotatable bonds is 8. The van der Waals surface area contributed by atoms with Crippen LogP contribution in [0.25, 0.3) is 0 Å². The van der Waals surface area contributed by atoms with E-state index >= 15 is 0 Å². The summed E-state index contributed by atoms with van der Waals surface area (Å²) in [5.74, 6) is -1.34. The third-order valence-corrected chi connectivity index (χ3v) is 3.47. The predicted octanol–water partition coefficient (Wildman–Crippen LogP) is 1.56. The molecule has 1 saturated heterocycles. The van der Waals surface area contributed by atoms with Gasteiger partial charge in [-0.3, -0.25) is 9.59 Å². The van der Waals surface area contributed by atoms with E-state index in [1.54, 1.807) is 12.2 Å². The summed E-state index contributed by atoms with van der Waals surface area (Å²) in [6.07, 6.45) is 6.83. The number of aliphatic hydroxyl groups is 3. The van der Waals surface area contributed by atoms with E-state index in [2.05, 4.69) is 0 Å². The second-order valence-corrected chi connectivity index (χ2v) is 5.96. The minimum Gasteiger partial charge on any atom is -0.481 e. The molecular weight excluding hydrogens is 328 g/mol. The molecule has 25 heavy (non-hydrogen) atoms. The average Bonchev–Trinajstić information content (AvgIpc) is 2.49. The molecule has 1 aliphatic rings. The highest BCUT2D eigenvalue weighted by Gasteiger charge is 2.25. The number of aliphatic carboxylic acids is 1. The maximum atomic E-state index is 10.8. The molecule has 1 rings (SSSR count). The molecular formula is C18H30O7. The van der Waals surface area contributed by atoms with Crippen molar-refractivity contribution < 1.29 is 34.8 Å². The second kappa shape index (κ2) is 13.6. The molecule has 1 aliphatic heterocycles. The van der Waals surface area contributed by atoms with Crippen LogP contribution < -0.4 is 0 Å². The van der Waals surface area contributed by atoms with Gasteiger partial charge in [0.1, 0.15) is 6.10 Å². The van der Waals surface area contributed by atoms with Crippen molar-refractivity contribution in [2.24, 2.45) is 0 Å². The van der Waals surface area contributed by atoms with E-state index in [4.69, 9.17) is 14.9 Å². The lowest BCUT2D eigenvalue weighted by atomic mass is 10.0. The molecule has 0 saturated carbocycles. The largest absolute Gasteiger partial charge is 0.481 e. The first-order valence-electron chi connectivity index (χ1n) is 8.46. The van der Waals surface area contributed by atoms with Crippen LogP contribution in [0.4, 0.5) is 0 Å². The van der Waals surface area contributed by atoms with Crippen LogP contribution in [-0.4, -0.2) is 56.8 Å². The van der Waals surface area contributed by atoms with Crippen LogP contribution in [0, 0.1) is 0 Å². The number of aliphatic hydroxyl groups excluding tert-OH is 3. The number of carbonyl (C=O) groups is 2. The van der Waals surface area contributed by atoms with Crippen molar-refractivity contribution in [3.05, 3.63) is 24.3 Å². The number of carbonyl (C=O) groups excluding carboxylic acids is 1. The van der Waals surface area contributed by atoms with Gasteiger partial charge < -0.3 is 25.2 Å². The number of cyclic esters (lactones) is 1. The minimum atomic E-state index is -1.05. The van der Waals surface area contributed by atoms with E-state index in [0.29, 0.717) is 19.3 Å². The summed E-state index contributed by atoms with van der Waals surface area (Å²) in [4.78, 5) is 21.0. The lowest BCUT2D eigenvalue weighted by molar-refractivity contribution is -0.159. The minimum absolute atomic E-state index is 0.108. The van der Waals surface area contributed by atoms with Gasteiger partial charge in [0, 0.05) is 19.3 Å². The summed E-state index contributed by atoms with van der Waals surface area (Å²) in [6.45, 7) is 3.75. The standard InChI is InChI=1S/C9H16O4.C9H14O3/c1-2-3-4-7(10)5-8(11)6-9(12)13;1-2-3-4-8-5-7(10)6-9(11)12-8/h2-3,7-8,10-11H,4-6H2,1H3,(H,12,13);2-3,7-8,10H,4-6H2,1H3/t2*7-,8-/m11/s1. The van der Waals surface area contributed by atoms with Crippen LogP contribution in [0.2, 0.25) is 0 Å². The van der Waals surface area contributed by atoms with Crippen LogP contribution in [0.15, 0.2) is 24.3 Å². The Morgan fingerprint density at radius 1 is 1.24 bits per heavy atom. The predicted molar refractivity (Wildman–Crippen MR) is 92.9 cm³/mol. The van der Waals surface area contributed by atoms with Crippen molar-refractivity contribution in [2.45, 2.75) is 76.8 Å². The van der Waals surface area contributed by atoms with Crippen LogP contribution in [-0.2, 0) is 14.3 Å². The molecule has 0 aliphatic carbocycles. The maximum absolute atomic E-state index is 10.8. The summed E-state index contributed by atoms with van der Waals surface area (Å²) in [5, 5.41) is 35.9. The van der Waals surface area contributed by atoms with Crippen molar-refractivity contribution >= 4 is 11.9 Å². The Bertz CT molecular complexity index is 445. The Balaban J connectivity index is 0.000000462. The van der Waals surface area contributed by atoms with E-state index in [1.165, 1.54) is 0 Å². The van der Waals surface area contributed by atoms with Crippen LogP contribution >= 0.6 is 0 Å². The van der Waals surface area contributed by atoms with Gasteiger partial charge in [0.2, 0.25) is 0 Å². The van der Waals surface area contributed by atoms with Gasteiger partial charge in [-0.25, -0.2) is 0 Å². The van der Waals surface area contributed by atoms with Crippen LogP contribution in [0.1, 0.15) is 52.4 Å². The number of allylic oxidation sites excluding steroid dienone is 2. The van der Waals surface area contributed by atoms with Gasteiger partial charge in [0.05, 0.1) is 31.2 Å². The molecule has 1 fully saturated rings. The van der Waals surface area contributed by atoms with Gasteiger partial charge in [-0.05, 0) is 20.3 Å². The fraction of sp³-hybridized carbons (Fsp3) is 0.667. The summed E-state index contributed by atoms with van der Waals surface area (Å²) in [5.41, 5.74) is 0. The SMILES string of the molecule is CC=CC[C@@H](O)C[C@@H](O)CC(=O)O.CC=CC[C@@H]1C[C@@H](O)CC(=O)O1. The molecule has 4 N–H and O–H groups in total. The first kappa shape index (κ1) is 23.3. The molecule has 0 aromatic carbocycles. The monoisotopic (exact) mass is 358 g/mol. The fourth-order valence-corrected chi connectivity index (χ4v) is 2.28. The summed E-state index contributed by atoms with van der Waals surface area (Å²) >= 11 is 0. The Morgan fingerprint density at radius 3 is 2.40 bits per heavy atom. The maximum Gasteiger partial charge on any atom is 0.308 e. The first-order valence-corrected chi connectivity index (χ1v) is 8.46. The lowest BCUT2D eigenvalue weighted by Crippen LogP contribution is -2.32. The van der Waals surface area contributed by atoms with Gasteiger partial charge in [0.25, 0.3) is 0 Å². The third-order valence-electron chi connectivity index (χ3n) is 3.47. The number of ether oxygens (including phenoxy) is 1. The Kier molecular flexibility index (Phi) is 12.7. The van der Waals surface area contributed by atoms with Gasteiger partial charge in [-0.15, -0.1) is 0 Å². The molecule has 0 radical (unpaired) electrons. The molecule has 1 heterocycles. The average molecular weight is 358 g/mol. The zero-order valence-electron chi connectivity index (χ0n) is 14.9. The van der Waals surface area contributed by atoms with Gasteiger partial charge in [0.15, 0.2) is 0 Å². The highest BCUT2D eigenvalue weighted by molar-refractivity contribution is 5.71. The highest BCUT2D eigenvalue weighted by Crippen LogP contribution is 2.17. The third kappa shape index (κ3) is 13.3. The van der Waals surface area contributed by atoms with Gasteiger partial charge in [-0.1, -0.05) is 24.3 Å². The highest BCUT2D eigenvalue weighted by atomic mass is 16.5. The van der Waals surface area contributed by atoms with Crippen molar-refractivity contribution in [2.75, 3.05) is 0 Å². The number of hydrogen-bond donors (Lipinski definition) is 4. The molecule has 4 atom stereocenters. The van der Waals surface area contributed by atoms with E-state index in [1.807, 2.05) is 26.0 Å². The topological polar surface area (TPSA) is 124 Å². The number of hydrogen-bond acceptors (Lipinski definition) is 6. The molecule has 0 spiro atoms. The Hall–Kier alpha value is -1.70. The van der Waals surface area contributed by atoms with E-state index in [0.717, 1.165) is 0 Å². The summed E-state index contributed by atoms with van der Waals surface area (Å²) < 4.78 is 5.01. The Labute approximate surface area is 148 Å². The quantitative estimate of drug-likeness (QED) is 0.383. The molecule has 7 nitrogen and oxygen atoms in total. The van der Waals surface area contributed by atoms with E-state index in [9.17, 15) is 19.8 Å². The van der Waals surface area contributed by atoms with Crippen molar-refractivity contribution in [3.8, 4) is 0 Å². The molecule has 7 heteroatoms.